The summed E-state index contributed by atoms with van der Waals surface area (Å²) in [5, 5.41) is 3.54. The Morgan fingerprint density at radius 2 is 2.25 bits per heavy atom. The van der Waals surface area contributed by atoms with Crippen LogP contribution >= 0.6 is 22.6 Å². The molecule has 3 atom stereocenters. The van der Waals surface area contributed by atoms with E-state index in [9.17, 15) is 0 Å². The van der Waals surface area contributed by atoms with Crippen molar-refractivity contribution in [1.82, 2.24) is 5.32 Å². The molecule has 1 heterocycles. The zero-order valence-electron chi connectivity index (χ0n) is 4.73. The van der Waals surface area contributed by atoms with Gasteiger partial charge in [-0.25, -0.2) is 0 Å². The molecule has 1 aliphatic heterocycles. The van der Waals surface area contributed by atoms with E-state index in [0.29, 0.717) is 0 Å². The highest BCUT2D eigenvalue weighted by Gasteiger charge is 2.37. The quantitative estimate of drug-likeness (QED) is 0.373. The highest BCUT2D eigenvalue weighted by atomic mass is 127. The lowest BCUT2D eigenvalue weighted by Gasteiger charge is -2.16. The van der Waals surface area contributed by atoms with Crippen LogP contribution in [-0.4, -0.2) is 10.1 Å². The van der Waals surface area contributed by atoms with Crippen molar-refractivity contribution < 1.29 is 0 Å². The third kappa shape index (κ3) is 0.692. The summed E-state index contributed by atoms with van der Waals surface area (Å²) in [7, 11) is 0. The zero-order valence-corrected chi connectivity index (χ0v) is 6.89. The van der Waals surface area contributed by atoms with Crippen LogP contribution in [0.4, 0.5) is 0 Å². The lowest BCUT2D eigenvalue weighted by molar-refractivity contribution is 0.488. The largest absolute Gasteiger partial charge is 0.302 e. The molecule has 0 aromatic rings. The van der Waals surface area contributed by atoms with Gasteiger partial charge in [0.15, 0.2) is 0 Å². The van der Waals surface area contributed by atoms with E-state index in [0.717, 1.165) is 16.0 Å². The molecule has 0 amide bonds. The summed E-state index contributed by atoms with van der Waals surface area (Å²) in [6.07, 6.45) is 4.36. The fourth-order valence-corrected chi connectivity index (χ4v) is 2.96. The molecule has 1 saturated carbocycles. The third-order valence-corrected chi connectivity index (χ3v) is 3.66. The molecule has 0 aromatic carbocycles. The van der Waals surface area contributed by atoms with Crippen molar-refractivity contribution >= 4 is 22.6 Å². The van der Waals surface area contributed by atoms with Crippen molar-refractivity contribution in [2.45, 2.75) is 29.4 Å². The second-order valence-corrected chi connectivity index (χ2v) is 4.18. The Labute approximate surface area is 63.4 Å². The first-order valence-electron chi connectivity index (χ1n) is 3.26. The van der Waals surface area contributed by atoms with E-state index in [-0.39, 0.29) is 0 Å². The van der Waals surface area contributed by atoms with Crippen molar-refractivity contribution in [3.63, 3.8) is 0 Å². The predicted octanol–water partition coefficient (Wildman–Crippen LogP) is 1.52. The molecule has 8 heavy (non-hydrogen) atoms. The number of piperidine rings is 1. The van der Waals surface area contributed by atoms with Crippen LogP contribution < -0.4 is 5.32 Å². The fourth-order valence-electron chi connectivity index (χ4n) is 1.79. The molecule has 2 aliphatic rings. The lowest BCUT2D eigenvalue weighted by Crippen LogP contribution is -2.30. The van der Waals surface area contributed by atoms with Crippen LogP contribution in [0.5, 0.6) is 0 Å². The Balaban J connectivity index is 2.11. The van der Waals surface area contributed by atoms with Crippen LogP contribution in [0, 0.1) is 5.92 Å². The average molecular weight is 223 g/mol. The normalized spacial score (nSPS) is 52.9. The summed E-state index contributed by atoms with van der Waals surface area (Å²) in [6, 6.07) is 0.891. The van der Waals surface area contributed by atoms with Crippen LogP contribution in [0.3, 0.4) is 0 Å². The molecular formula is C6H10IN. The lowest BCUT2D eigenvalue weighted by atomic mass is 10.1. The molecule has 2 fully saturated rings. The highest BCUT2D eigenvalue weighted by Crippen LogP contribution is 2.37. The SMILES string of the molecule is I[C@H]1NC2CCC1C2. The zero-order chi connectivity index (χ0) is 5.56. The molecule has 0 spiro atoms. The topological polar surface area (TPSA) is 12.0 Å². The second-order valence-electron chi connectivity index (χ2n) is 2.84. The molecule has 2 unspecified atom stereocenters. The minimum absolute atomic E-state index is 0.798. The van der Waals surface area contributed by atoms with Gasteiger partial charge in [0.2, 0.25) is 0 Å². The summed E-state index contributed by atoms with van der Waals surface area (Å²) < 4.78 is 0.798. The van der Waals surface area contributed by atoms with Gasteiger partial charge in [-0.05, 0) is 25.2 Å². The third-order valence-electron chi connectivity index (χ3n) is 2.28. The van der Waals surface area contributed by atoms with Crippen molar-refractivity contribution in [2.24, 2.45) is 5.92 Å². The highest BCUT2D eigenvalue weighted by molar-refractivity contribution is 14.1. The van der Waals surface area contributed by atoms with E-state index in [1.54, 1.807) is 0 Å². The number of hydrogen-bond acceptors (Lipinski definition) is 1. The molecule has 2 rings (SSSR count). The van der Waals surface area contributed by atoms with E-state index in [4.69, 9.17) is 0 Å². The van der Waals surface area contributed by atoms with Crippen LogP contribution in [0.2, 0.25) is 0 Å². The second kappa shape index (κ2) is 1.84. The Morgan fingerprint density at radius 1 is 1.38 bits per heavy atom. The molecule has 1 saturated heterocycles. The van der Waals surface area contributed by atoms with Crippen molar-refractivity contribution in [3.8, 4) is 0 Å². The molecule has 1 N–H and O–H groups in total. The molecule has 0 aromatic heterocycles. The number of alkyl halides is 1. The first-order chi connectivity index (χ1) is 3.86. The Bertz CT molecular complexity index is 103. The first-order valence-corrected chi connectivity index (χ1v) is 4.51. The van der Waals surface area contributed by atoms with Gasteiger partial charge in [0, 0.05) is 6.04 Å². The minimum atomic E-state index is 0.798. The Morgan fingerprint density at radius 3 is 2.50 bits per heavy atom. The molecular weight excluding hydrogens is 213 g/mol. The monoisotopic (exact) mass is 223 g/mol. The van der Waals surface area contributed by atoms with Gasteiger partial charge in [-0.15, -0.1) is 0 Å². The molecule has 2 heteroatoms. The number of fused-ring (bicyclic) bond motifs is 2. The molecule has 2 bridgehead atoms. The summed E-state index contributed by atoms with van der Waals surface area (Å²) in [4.78, 5) is 0. The average Bonchev–Trinajstić information content (AvgIpc) is 2.23. The number of halogens is 1. The molecule has 1 nitrogen and oxygen atoms in total. The summed E-state index contributed by atoms with van der Waals surface area (Å²) >= 11 is 2.51. The Hall–Kier alpha value is 0.690. The summed E-state index contributed by atoms with van der Waals surface area (Å²) in [5.74, 6) is 1.01. The van der Waals surface area contributed by atoms with Gasteiger partial charge in [-0.2, -0.15) is 0 Å². The van der Waals surface area contributed by atoms with Gasteiger partial charge in [0.25, 0.3) is 0 Å². The first kappa shape index (κ1) is 5.47. The molecule has 0 radical (unpaired) electrons. The van der Waals surface area contributed by atoms with Gasteiger partial charge in [0.05, 0.1) is 4.05 Å². The van der Waals surface area contributed by atoms with Crippen molar-refractivity contribution in [1.29, 1.82) is 0 Å². The van der Waals surface area contributed by atoms with E-state index in [2.05, 4.69) is 27.9 Å². The van der Waals surface area contributed by atoms with E-state index >= 15 is 0 Å². The minimum Gasteiger partial charge on any atom is -0.302 e. The summed E-state index contributed by atoms with van der Waals surface area (Å²) in [6.45, 7) is 0. The fraction of sp³-hybridized carbons (Fsp3) is 1.00. The van der Waals surface area contributed by atoms with Crippen LogP contribution in [0.1, 0.15) is 19.3 Å². The smallest absolute Gasteiger partial charge is 0.0624 e. The van der Waals surface area contributed by atoms with Crippen LogP contribution in [-0.2, 0) is 0 Å². The maximum absolute atomic E-state index is 3.54. The van der Waals surface area contributed by atoms with Crippen LogP contribution in [0.15, 0.2) is 0 Å². The summed E-state index contributed by atoms with van der Waals surface area (Å²) in [5.41, 5.74) is 0. The van der Waals surface area contributed by atoms with Gasteiger partial charge >= 0.3 is 0 Å². The van der Waals surface area contributed by atoms with E-state index < -0.39 is 0 Å². The van der Waals surface area contributed by atoms with Gasteiger partial charge in [-0.1, -0.05) is 22.6 Å². The Kier molecular flexibility index (Phi) is 1.26. The molecule has 1 aliphatic carbocycles. The predicted molar refractivity (Wildman–Crippen MR) is 42.1 cm³/mol. The molecule has 46 valence electrons. The maximum Gasteiger partial charge on any atom is 0.0624 e. The maximum atomic E-state index is 3.54. The van der Waals surface area contributed by atoms with Crippen molar-refractivity contribution in [3.05, 3.63) is 0 Å². The van der Waals surface area contributed by atoms with Gasteiger partial charge in [-0.3, -0.25) is 0 Å². The number of hydrogen-bond donors (Lipinski definition) is 1. The number of rotatable bonds is 0. The van der Waals surface area contributed by atoms with Crippen LogP contribution in [0.25, 0.3) is 0 Å². The van der Waals surface area contributed by atoms with E-state index in [1.165, 1.54) is 19.3 Å². The number of nitrogens with one attached hydrogen (secondary N) is 1. The van der Waals surface area contributed by atoms with Gasteiger partial charge < -0.3 is 5.32 Å². The standard InChI is InChI=1S/C6H10IN/c7-6-4-1-2-5(3-4)8-6/h4-6,8H,1-3H2/t4?,5?,6-/m0/s1. The van der Waals surface area contributed by atoms with E-state index in [1.807, 2.05) is 0 Å². The van der Waals surface area contributed by atoms with Gasteiger partial charge in [0.1, 0.15) is 0 Å². The van der Waals surface area contributed by atoms with Crippen molar-refractivity contribution in [2.75, 3.05) is 0 Å².